The van der Waals surface area contributed by atoms with Crippen LogP contribution in [0.4, 0.5) is 0 Å². The number of nitrogens with zero attached hydrogens (tertiary/aromatic N) is 2. The Bertz CT molecular complexity index is 917. The average Bonchev–Trinajstić information content (AvgIpc) is 2.66. The van der Waals surface area contributed by atoms with E-state index in [0.717, 1.165) is 28.7 Å². The van der Waals surface area contributed by atoms with E-state index in [2.05, 4.69) is 15.5 Å². The van der Waals surface area contributed by atoms with Gasteiger partial charge < -0.3 is 0 Å². The van der Waals surface area contributed by atoms with Crippen LogP contribution in [0.3, 0.4) is 0 Å². The second-order valence-electron chi connectivity index (χ2n) is 5.98. The minimum Gasteiger partial charge on any atom is -0.267 e. The zero-order valence-corrected chi connectivity index (χ0v) is 14.5. The number of hydrazone groups is 1. The lowest BCUT2D eigenvalue weighted by Crippen LogP contribution is -2.20. The number of hydrogen-bond donors (Lipinski definition) is 1. The van der Waals surface area contributed by atoms with E-state index in [-0.39, 0.29) is 5.91 Å². The van der Waals surface area contributed by atoms with Gasteiger partial charge in [-0.1, -0.05) is 55.5 Å². The quantitative estimate of drug-likeness (QED) is 0.564. The molecule has 0 fully saturated rings. The highest BCUT2D eigenvalue weighted by molar-refractivity contribution is 6.06. The maximum Gasteiger partial charge on any atom is 0.272 e. The van der Waals surface area contributed by atoms with Crippen LogP contribution in [-0.2, 0) is 12.8 Å². The van der Waals surface area contributed by atoms with E-state index in [0.29, 0.717) is 12.0 Å². The molecule has 3 aromatic rings. The fraction of sp³-hybridized carbons (Fsp3) is 0.190. The summed E-state index contributed by atoms with van der Waals surface area (Å²) in [6.45, 7) is 3.94. The predicted octanol–water partition coefficient (Wildman–Crippen LogP) is 4.15. The van der Waals surface area contributed by atoms with Gasteiger partial charge in [-0.05, 0) is 31.0 Å². The van der Waals surface area contributed by atoms with E-state index in [1.807, 2.05) is 74.5 Å². The number of para-hydroxylation sites is 1. The van der Waals surface area contributed by atoms with E-state index in [1.165, 1.54) is 5.56 Å². The molecule has 1 heterocycles. The third-order valence-corrected chi connectivity index (χ3v) is 4.03. The fourth-order valence-electron chi connectivity index (χ4n) is 2.74. The molecule has 1 amide bonds. The molecular formula is C21H21N3O. The van der Waals surface area contributed by atoms with Crippen LogP contribution in [0, 0.1) is 0 Å². The third-order valence-electron chi connectivity index (χ3n) is 4.03. The predicted molar refractivity (Wildman–Crippen MR) is 102 cm³/mol. The Hall–Kier alpha value is -3.01. The molecule has 0 spiro atoms. The van der Waals surface area contributed by atoms with Gasteiger partial charge in [0.25, 0.3) is 5.91 Å². The number of fused-ring (bicyclic) bond motifs is 1. The van der Waals surface area contributed by atoms with E-state index >= 15 is 0 Å². The van der Waals surface area contributed by atoms with Crippen LogP contribution in [0.1, 0.15) is 35.5 Å². The van der Waals surface area contributed by atoms with Gasteiger partial charge in [0.1, 0.15) is 0 Å². The lowest BCUT2D eigenvalue weighted by atomic mass is 10.1. The molecule has 0 radical (unpaired) electrons. The topological polar surface area (TPSA) is 54.4 Å². The Balaban J connectivity index is 1.81. The van der Waals surface area contributed by atoms with Crippen molar-refractivity contribution in [2.45, 2.75) is 26.7 Å². The van der Waals surface area contributed by atoms with E-state index < -0.39 is 0 Å². The summed E-state index contributed by atoms with van der Waals surface area (Å²) in [5.74, 6) is -0.208. The van der Waals surface area contributed by atoms with Crippen molar-refractivity contribution in [2.75, 3.05) is 0 Å². The molecule has 126 valence electrons. The molecule has 0 atom stereocenters. The van der Waals surface area contributed by atoms with Crippen LogP contribution in [-0.4, -0.2) is 16.6 Å². The Morgan fingerprint density at radius 1 is 1.08 bits per heavy atom. The molecule has 4 nitrogen and oxygen atoms in total. The largest absolute Gasteiger partial charge is 0.272 e. The van der Waals surface area contributed by atoms with Crippen molar-refractivity contribution in [3.05, 3.63) is 77.5 Å². The first-order valence-corrected chi connectivity index (χ1v) is 8.43. The maximum atomic E-state index is 12.6. The molecule has 1 N–H and O–H groups in total. The minimum atomic E-state index is -0.208. The molecule has 0 aliphatic heterocycles. The molecule has 2 aromatic carbocycles. The summed E-state index contributed by atoms with van der Waals surface area (Å²) < 4.78 is 0. The van der Waals surface area contributed by atoms with Crippen molar-refractivity contribution in [1.82, 2.24) is 10.4 Å². The van der Waals surface area contributed by atoms with Crippen molar-refractivity contribution in [1.29, 1.82) is 0 Å². The van der Waals surface area contributed by atoms with Gasteiger partial charge in [-0.2, -0.15) is 5.10 Å². The molecule has 25 heavy (non-hydrogen) atoms. The lowest BCUT2D eigenvalue weighted by Gasteiger charge is -2.08. The molecule has 0 aliphatic carbocycles. The van der Waals surface area contributed by atoms with Crippen molar-refractivity contribution < 1.29 is 4.79 Å². The smallest absolute Gasteiger partial charge is 0.267 e. The SMILES string of the molecule is CCc1cc(C(=O)NN=C(C)Cc2ccccc2)c2ccccc2n1. The standard InChI is InChI=1S/C21H21N3O/c1-3-17-14-19(18-11-7-8-12-20(18)22-17)21(25)24-23-15(2)13-16-9-5-4-6-10-16/h4-12,14H,3,13H2,1-2H3,(H,24,25). The lowest BCUT2D eigenvalue weighted by molar-refractivity contribution is 0.0956. The van der Waals surface area contributed by atoms with Crippen LogP contribution in [0.5, 0.6) is 0 Å². The van der Waals surface area contributed by atoms with Gasteiger partial charge in [-0.3, -0.25) is 9.78 Å². The van der Waals surface area contributed by atoms with Crippen molar-refractivity contribution in [3.8, 4) is 0 Å². The fourth-order valence-corrected chi connectivity index (χ4v) is 2.74. The molecule has 0 saturated carbocycles. The van der Waals surface area contributed by atoms with E-state index in [9.17, 15) is 4.79 Å². The summed E-state index contributed by atoms with van der Waals surface area (Å²) in [5.41, 5.74) is 7.04. The molecule has 3 rings (SSSR count). The highest BCUT2D eigenvalue weighted by Crippen LogP contribution is 2.18. The highest BCUT2D eigenvalue weighted by Gasteiger charge is 2.12. The van der Waals surface area contributed by atoms with Crippen LogP contribution in [0.15, 0.2) is 65.8 Å². The molecule has 0 aliphatic rings. The summed E-state index contributed by atoms with van der Waals surface area (Å²) in [4.78, 5) is 17.2. The molecule has 0 unspecified atom stereocenters. The number of benzene rings is 2. The number of nitrogens with one attached hydrogen (secondary N) is 1. The second kappa shape index (κ2) is 7.71. The van der Waals surface area contributed by atoms with Crippen molar-refractivity contribution in [2.24, 2.45) is 5.10 Å². The molecule has 0 bridgehead atoms. The summed E-state index contributed by atoms with van der Waals surface area (Å²) in [7, 11) is 0. The first-order chi connectivity index (χ1) is 12.2. The van der Waals surface area contributed by atoms with Gasteiger partial charge in [0.15, 0.2) is 0 Å². The minimum absolute atomic E-state index is 0.208. The summed E-state index contributed by atoms with van der Waals surface area (Å²) in [6, 6.07) is 19.6. The van der Waals surface area contributed by atoms with Gasteiger partial charge in [0.2, 0.25) is 0 Å². The first-order valence-electron chi connectivity index (χ1n) is 8.43. The van der Waals surface area contributed by atoms with E-state index in [1.54, 1.807) is 0 Å². The van der Waals surface area contributed by atoms with Gasteiger partial charge in [0.05, 0.1) is 11.1 Å². The Morgan fingerprint density at radius 3 is 2.56 bits per heavy atom. The molecule has 1 aromatic heterocycles. The van der Waals surface area contributed by atoms with Gasteiger partial charge in [-0.15, -0.1) is 0 Å². The number of pyridine rings is 1. The summed E-state index contributed by atoms with van der Waals surface area (Å²) in [5, 5.41) is 5.10. The van der Waals surface area contributed by atoms with Crippen LogP contribution in [0.2, 0.25) is 0 Å². The Kier molecular flexibility index (Phi) is 5.19. The van der Waals surface area contributed by atoms with Crippen molar-refractivity contribution in [3.63, 3.8) is 0 Å². The molecule has 0 saturated heterocycles. The Morgan fingerprint density at radius 2 is 1.80 bits per heavy atom. The van der Waals surface area contributed by atoms with Crippen LogP contribution < -0.4 is 5.43 Å². The van der Waals surface area contributed by atoms with Crippen LogP contribution in [0.25, 0.3) is 10.9 Å². The zero-order valence-electron chi connectivity index (χ0n) is 14.5. The third kappa shape index (κ3) is 4.10. The van der Waals surface area contributed by atoms with Crippen LogP contribution >= 0.6 is 0 Å². The maximum absolute atomic E-state index is 12.6. The average molecular weight is 331 g/mol. The number of carbonyl (C=O) groups excluding carboxylic acids is 1. The molecular weight excluding hydrogens is 310 g/mol. The van der Waals surface area contributed by atoms with Gasteiger partial charge in [-0.25, -0.2) is 5.43 Å². The number of hydrogen-bond acceptors (Lipinski definition) is 3. The Labute approximate surface area is 147 Å². The number of amides is 1. The molecule has 4 heteroatoms. The number of aromatic nitrogens is 1. The zero-order chi connectivity index (χ0) is 17.6. The second-order valence-corrected chi connectivity index (χ2v) is 5.98. The van der Waals surface area contributed by atoms with Gasteiger partial charge in [0, 0.05) is 23.2 Å². The highest BCUT2D eigenvalue weighted by atomic mass is 16.2. The number of carbonyl (C=O) groups is 1. The summed E-state index contributed by atoms with van der Waals surface area (Å²) >= 11 is 0. The number of aryl methyl sites for hydroxylation is 1. The first kappa shape index (κ1) is 16.8. The monoisotopic (exact) mass is 331 g/mol. The number of rotatable bonds is 5. The summed E-state index contributed by atoms with van der Waals surface area (Å²) in [6.07, 6.45) is 1.49. The normalized spacial score (nSPS) is 11.5. The van der Waals surface area contributed by atoms with Crippen molar-refractivity contribution >= 4 is 22.5 Å². The van der Waals surface area contributed by atoms with Gasteiger partial charge >= 0.3 is 0 Å². The van der Waals surface area contributed by atoms with E-state index in [4.69, 9.17) is 0 Å².